The lowest BCUT2D eigenvalue weighted by molar-refractivity contribution is -0.125. The summed E-state index contributed by atoms with van der Waals surface area (Å²) in [6.45, 7) is 0.828. The molecule has 120 valence electrons. The van der Waals surface area contributed by atoms with Gasteiger partial charge in [0.2, 0.25) is 15.9 Å². The second kappa shape index (κ2) is 6.01. The minimum atomic E-state index is -3.44. The number of hydrogen-bond donors (Lipinski definition) is 1. The van der Waals surface area contributed by atoms with E-state index < -0.39 is 10.0 Å². The maximum atomic E-state index is 12.8. The molecule has 1 amide bonds. The summed E-state index contributed by atoms with van der Waals surface area (Å²) in [5.41, 5.74) is 2.44. The number of carbonyl (C=O) groups excluding carboxylic acids is 1. The van der Waals surface area contributed by atoms with Crippen molar-refractivity contribution in [1.29, 1.82) is 0 Å². The van der Waals surface area contributed by atoms with Crippen LogP contribution in [0.4, 0.5) is 0 Å². The number of rotatable bonds is 3. The van der Waals surface area contributed by atoms with Gasteiger partial charge in [0.25, 0.3) is 0 Å². The van der Waals surface area contributed by atoms with Crippen molar-refractivity contribution in [3.63, 3.8) is 0 Å². The standard InChI is InChI=1S/C16H22N2O3S/c1-17-16(19)13-7-9-18(10-8-13)22(20,21)15-6-5-12-3-2-4-14(12)11-15/h5-6,11,13H,2-4,7-10H2,1H3,(H,17,19). The van der Waals surface area contributed by atoms with E-state index in [4.69, 9.17) is 0 Å². The van der Waals surface area contributed by atoms with Crippen LogP contribution in [0.5, 0.6) is 0 Å². The highest BCUT2D eigenvalue weighted by atomic mass is 32.2. The Balaban J connectivity index is 1.75. The van der Waals surface area contributed by atoms with E-state index in [9.17, 15) is 13.2 Å². The van der Waals surface area contributed by atoms with E-state index in [0.29, 0.717) is 30.8 Å². The van der Waals surface area contributed by atoms with Crippen LogP contribution in [-0.4, -0.2) is 38.8 Å². The number of carbonyl (C=O) groups is 1. The quantitative estimate of drug-likeness (QED) is 0.913. The van der Waals surface area contributed by atoms with Gasteiger partial charge in [0.1, 0.15) is 0 Å². The van der Waals surface area contributed by atoms with Crippen molar-refractivity contribution < 1.29 is 13.2 Å². The Labute approximate surface area is 131 Å². The molecular weight excluding hydrogens is 300 g/mol. The molecule has 0 radical (unpaired) electrons. The molecule has 0 bridgehead atoms. The molecule has 2 aliphatic rings. The van der Waals surface area contributed by atoms with Gasteiger partial charge in [0, 0.05) is 26.1 Å². The Morgan fingerprint density at radius 1 is 1.18 bits per heavy atom. The summed E-state index contributed by atoms with van der Waals surface area (Å²) in [6, 6.07) is 5.51. The maximum Gasteiger partial charge on any atom is 0.243 e. The van der Waals surface area contributed by atoms with Crippen molar-refractivity contribution in [2.24, 2.45) is 5.92 Å². The number of benzene rings is 1. The topological polar surface area (TPSA) is 66.5 Å². The van der Waals surface area contributed by atoms with E-state index in [-0.39, 0.29) is 11.8 Å². The second-order valence-corrected chi connectivity index (χ2v) is 8.01. The van der Waals surface area contributed by atoms with Gasteiger partial charge in [-0.3, -0.25) is 4.79 Å². The molecule has 3 rings (SSSR count). The van der Waals surface area contributed by atoms with Gasteiger partial charge >= 0.3 is 0 Å². The van der Waals surface area contributed by atoms with Gasteiger partial charge in [0.15, 0.2) is 0 Å². The van der Waals surface area contributed by atoms with Gasteiger partial charge in [-0.15, -0.1) is 0 Å². The van der Waals surface area contributed by atoms with Gasteiger partial charge in [-0.05, 0) is 55.4 Å². The largest absolute Gasteiger partial charge is 0.359 e. The van der Waals surface area contributed by atoms with Crippen LogP contribution in [0, 0.1) is 5.92 Å². The molecule has 0 unspecified atom stereocenters. The van der Waals surface area contributed by atoms with Crippen molar-refractivity contribution in [2.45, 2.75) is 37.0 Å². The molecule has 1 aromatic rings. The third-order valence-electron chi connectivity index (χ3n) is 4.78. The number of nitrogens with one attached hydrogen (secondary N) is 1. The Bertz CT molecular complexity index is 677. The van der Waals surface area contributed by atoms with Crippen molar-refractivity contribution >= 4 is 15.9 Å². The fourth-order valence-electron chi connectivity index (χ4n) is 3.42. The van der Waals surface area contributed by atoms with Crippen molar-refractivity contribution in [3.05, 3.63) is 29.3 Å². The SMILES string of the molecule is CNC(=O)C1CCN(S(=O)(=O)c2ccc3c(c2)CCC3)CC1. The first kappa shape index (κ1) is 15.5. The van der Waals surface area contributed by atoms with E-state index in [1.165, 1.54) is 15.4 Å². The van der Waals surface area contributed by atoms with E-state index in [1.807, 2.05) is 12.1 Å². The monoisotopic (exact) mass is 322 g/mol. The molecule has 1 saturated heterocycles. The van der Waals surface area contributed by atoms with Crippen LogP contribution in [0.15, 0.2) is 23.1 Å². The fraction of sp³-hybridized carbons (Fsp3) is 0.562. The first-order valence-electron chi connectivity index (χ1n) is 7.86. The first-order valence-corrected chi connectivity index (χ1v) is 9.30. The highest BCUT2D eigenvalue weighted by molar-refractivity contribution is 7.89. The molecule has 1 fully saturated rings. The Kier molecular flexibility index (Phi) is 4.23. The lowest BCUT2D eigenvalue weighted by Crippen LogP contribution is -2.42. The molecule has 1 heterocycles. The van der Waals surface area contributed by atoms with Gasteiger partial charge in [0.05, 0.1) is 4.90 Å². The minimum absolute atomic E-state index is 0.00887. The van der Waals surface area contributed by atoms with Crippen LogP contribution >= 0.6 is 0 Å². The van der Waals surface area contributed by atoms with Crippen LogP contribution in [0.2, 0.25) is 0 Å². The summed E-state index contributed by atoms with van der Waals surface area (Å²) < 4.78 is 27.0. The average molecular weight is 322 g/mol. The van der Waals surface area contributed by atoms with E-state index >= 15 is 0 Å². The molecule has 1 aliphatic heterocycles. The summed E-state index contributed by atoms with van der Waals surface area (Å²) in [5, 5.41) is 2.64. The van der Waals surface area contributed by atoms with Crippen LogP contribution < -0.4 is 5.32 Å². The molecule has 5 nitrogen and oxygen atoms in total. The molecule has 0 atom stereocenters. The molecule has 6 heteroatoms. The number of aryl methyl sites for hydroxylation is 2. The number of sulfonamides is 1. The van der Waals surface area contributed by atoms with E-state index in [2.05, 4.69) is 5.32 Å². The minimum Gasteiger partial charge on any atom is -0.359 e. The zero-order valence-corrected chi connectivity index (χ0v) is 13.7. The summed E-state index contributed by atoms with van der Waals surface area (Å²) in [7, 11) is -1.82. The summed E-state index contributed by atoms with van der Waals surface area (Å²) in [6.07, 6.45) is 4.30. The number of fused-ring (bicyclic) bond motifs is 1. The van der Waals surface area contributed by atoms with Gasteiger partial charge in [-0.2, -0.15) is 4.31 Å². The van der Waals surface area contributed by atoms with Crippen molar-refractivity contribution in [3.8, 4) is 0 Å². The van der Waals surface area contributed by atoms with Gasteiger partial charge in [-0.25, -0.2) is 8.42 Å². The zero-order chi connectivity index (χ0) is 15.7. The molecule has 0 spiro atoms. The zero-order valence-electron chi connectivity index (χ0n) is 12.8. The highest BCUT2D eigenvalue weighted by Gasteiger charge is 2.32. The number of amides is 1. The second-order valence-electron chi connectivity index (χ2n) is 6.08. The maximum absolute atomic E-state index is 12.8. The Morgan fingerprint density at radius 3 is 2.55 bits per heavy atom. The third-order valence-corrected chi connectivity index (χ3v) is 6.67. The first-order chi connectivity index (χ1) is 10.5. The summed E-state index contributed by atoms with van der Waals surface area (Å²) in [5.74, 6) is -0.0638. The van der Waals surface area contributed by atoms with Gasteiger partial charge in [-0.1, -0.05) is 6.07 Å². The van der Waals surface area contributed by atoms with E-state index in [0.717, 1.165) is 19.3 Å². The number of hydrogen-bond acceptors (Lipinski definition) is 3. The van der Waals surface area contributed by atoms with Crippen LogP contribution in [-0.2, 0) is 27.7 Å². The Hall–Kier alpha value is -1.40. The molecular formula is C16H22N2O3S. The lowest BCUT2D eigenvalue weighted by atomic mass is 9.97. The predicted octanol–water partition coefficient (Wildman–Crippen LogP) is 1.32. The van der Waals surface area contributed by atoms with Crippen molar-refractivity contribution in [2.75, 3.05) is 20.1 Å². The van der Waals surface area contributed by atoms with Crippen LogP contribution in [0.25, 0.3) is 0 Å². The number of nitrogens with zero attached hydrogens (tertiary/aromatic N) is 1. The molecule has 1 aliphatic carbocycles. The molecule has 0 aromatic heterocycles. The van der Waals surface area contributed by atoms with E-state index in [1.54, 1.807) is 13.1 Å². The summed E-state index contributed by atoms with van der Waals surface area (Å²) in [4.78, 5) is 12.0. The smallest absolute Gasteiger partial charge is 0.243 e. The predicted molar refractivity (Wildman–Crippen MR) is 84.0 cm³/mol. The average Bonchev–Trinajstić information content (AvgIpc) is 3.01. The van der Waals surface area contributed by atoms with Gasteiger partial charge < -0.3 is 5.32 Å². The molecule has 0 saturated carbocycles. The molecule has 1 N–H and O–H groups in total. The number of piperidine rings is 1. The third kappa shape index (κ3) is 2.77. The molecule has 1 aromatic carbocycles. The lowest BCUT2D eigenvalue weighted by Gasteiger charge is -2.30. The van der Waals surface area contributed by atoms with Crippen LogP contribution in [0.3, 0.4) is 0 Å². The summed E-state index contributed by atoms with van der Waals surface area (Å²) >= 11 is 0. The fourth-order valence-corrected chi connectivity index (χ4v) is 4.94. The highest BCUT2D eigenvalue weighted by Crippen LogP contribution is 2.28. The normalized spacial score (nSPS) is 19.9. The molecule has 22 heavy (non-hydrogen) atoms. The Morgan fingerprint density at radius 2 is 1.86 bits per heavy atom. The van der Waals surface area contributed by atoms with Crippen molar-refractivity contribution in [1.82, 2.24) is 9.62 Å². The van der Waals surface area contributed by atoms with Crippen LogP contribution in [0.1, 0.15) is 30.4 Å².